The lowest BCUT2D eigenvalue weighted by Gasteiger charge is -2.09. The third kappa shape index (κ3) is 6.88. The van der Waals surface area contributed by atoms with E-state index in [0.29, 0.717) is 12.4 Å². The number of aromatic hydroxyl groups is 1. The van der Waals surface area contributed by atoms with Crippen LogP contribution < -0.4 is 4.74 Å². The van der Waals surface area contributed by atoms with E-state index in [0.717, 1.165) is 36.1 Å². The largest absolute Gasteiger partial charge is 0.508 e. The molecule has 0 spiro atoms. The summed E-state index contributed by atoms with van der Waals surface area (Å²) in [4.78, 5) is 0. The molecule has 0 aliphatic rings. The van der Waals surface area contributed by atoms with E-state index in [9.17, 15) is 5.11 Å². The Kier molecular flexibility index (Phi) is 7.34. The van der Waals surface area contributed by atoms with Crippen molar-refractivity contribution in [1.29, 1.82) is 0 Å². The van der Waals surface area contributed by atoms with Crippen LogP contribution in [0.5, 0.6) is 11.5 Å². The summed E-state index contributed by atoms with van der Waals surface area (Å²) < 4.78 is 5.85. The average Bonchev–Trinajstić information content (AvgIpc) is 2.60. The summed E-state index contributed by atoms with van der Waals surface area (Å²) in [7, 11) is 0. The minimum Gasteiger partial charge on any atom is -0.508 e. The summed E-state index contributed by atoms with van der Waals surface area (Å²) >= 11 is 0. The van der Waals surface area contributed by atoms with E-state index in [1.165, 1.54) is 11.1 Å². The molecule has 0 aliphatic heterocycles. The predicted octanol–water partition coefficient (Wildman–Crippen LogP) is 6.21. The molecule has 0 unspecified atom stereocenters. The van der Waals surface area contributed by atoms with Gasteiger partial charge in [0.15, 0.2) is 0 Å². The maximum Gasteiger partial charge on any atom is 0.120 e. The molecule has 25 heavy (non-hydrogen) atoms. The highest BCUT2D eigenvalue weighted by Gasteiger charge is 2.03. The summed E-state index contributed by atoms with van der Waals surface area (Å²) in [6, 6.07) is 15.5. The highest BCUT2D eigenvalue weighted by molar-refractivity contribution is 5.40. The van der Waals surface area contributed by atoms with Gasteiger partial charge in [-0.05, 0) is 63.8 Å². The second kappa shape index (κ2) is 9.73. The SMILES string of the molecule is CC(C)=CCC/C(C)=C/Cc1cc(OCc2ccccc2)ccc1O. The summed E-state index contributed by atoms with van der Waals surface area (Å²) in [6.45, 7) is 6.92. The van der Waals surface area contributed by atoms with Gasteiger partial charge in [0.2, 0.25) is 0 Å². The van der Waals surface area contributed by atoms with Gasteiger partial charge < -0.3 is 9.84 Å². The van der Waals surface area contributed by atoms with E-state index in [4.69, 9.17) is 4.74 Å². The molecule has 0 saturated carbocycles. The lowest BCUT2D eigenvalue weighted by molar-refractivity contribution is 0.305. The first-order chi connectivity index (χ1) is 12.0. The number of phenolic OH excluding ortho intramolecular Hbond substituents is 1. The Labute approximate surface area is 151 Å². The van der Waals surface area contributed by atoms with Gasteiger partial charge in [-0.3, -0.25) is 0 Å². The van der Waals surface area contributed by atoms with Gasteiger partial charge in [-0.1, -0.05) is 53.6 Å². The molecule has 2 heteroatoms. The monoisotopic (exact) mass is 336 g/mol. The number of hydrogen-bond acceptors (Lipinski definition) is 2. The first-order valence-electron chi connectivity index (χ1n) is 8.82. The van der Waals surface area contributed by atoms with Crippen LogP contribution in [0.15, 0.2) is 71.8 Å². The number of ether oxygens (including phenoxy) is 1. The lowest BCUT2D eigenvalue weighted by atomic mass is 10.1. The molecule has 2 aromatic rings. The second-order valence-corrected chi connectivity index (χ2v) is 6.64. The molecule has 0 saturated heterocycles. The molecule has 0 atom stereocenters. The molecule has 0 heterocycles. The van der Waals surface area contributed by atoms with E-state index in [-0.39, 0.29) is 0 Å². The first kappa shape index (κ1) is 18.9. The van der Waals surface area contributed by atoms with E-state index in [1.54, 1.807) is 6.07 Å². The molecule has 2 rings (SSSR count). The van der Waals surface area contributed by atoms with E-state index in [1.807, 2.05) is 42.5 Å². The van der Waals surface area contributed by atoms with Crippen LogP contribution in [-0.4, -0.2) is 5.11 Å². The minimum absolute atomic E-state index is 0.320. The molecular weight excluding hydrogens is 308 g/mol. The molecular formula is C23H28O2. The van der Waals surface area contributed by atoms with Gasteiger partial charge >= 0.3 is 0 Å². The highest BCUT2D eigenvalue weighted by atomic mass is 16.5. The third-order valence-electron chi connectivity index (χ3n) is 4.06. The Morgan fingerprint density at radius 2 is 1.76 bits per heavy atom. The zero-order valence-corrected chi connectivity index (χ0v) is 15.5. The van der Waals surface area contributed by atoms with Crippen LogP contribution in [0.1, 0.15) is 44.7 Å². The van der Waals surface area contributed by atoms with Gasteiger partial charge in [0.1, 0.15) is 18.1 Å². The fraction of sp³-hybridized carbons (Fsp3) is 0.304. The topological polar surface area (TPSA) is 29.5 Å². The Morgan fingerprint density at radius 3 is 2.48 bits per heavy atom. The van der Waals surface area contributed by atoms with Crippen LogP contribution in [0.4, 0.5) is 0 Å². The standard InChI is InChI=1S/C23H28O2/c1-18(2)8-7-9-19(3)12-13-21-16-22(14-15-23(21)24)25-17-20-10-5-4-6-11-20/h4-6,8,10-12,14-16,24H,7,9,13,17H2,1-3H3/b19-12+. The van der Waals surface area contributed by atoms with Crippen molar-refractivity contribution in [3.8, 4) is 11.5 Å². The summed E-state index contributed by atoms with van der Waals surface area (Å²) in [6.07, 6.45) is 7.28. The van der Waals surface area contributed by atoms with Gasteiger partial charge in [0.25, 0.3) is 0 Å². The molecule has 2 aromatic carbocycles. The van der Waals surface area contributed by atoms with Crippen LogP contribution in [0.3, 0.4) is 0 Å². The van der Waals surface area contributed by atoms with Crippen LogP contribution in [0.2, 0.25) is 0 Å². The van der Waals surface area contributed by atoms with Crippen molar-refractivity contribution in [3.05, 3.63) is 83.0 Å². The van der Waals surface area contributed by atoms with E-state index < -0.39 is 0 Å². The van der Waals surface area contributed by atoms with Crippen LogP contribution >= 0.6 is 0 Å². The second-order valence-electron chi connectivity index (χ2n) is 6.64. The maximum atomic E-state index is 10.1. The van der Waals surface area contributed by atoms with Crippen molar-refractivity contribution in [3.63, 3.8) is 0 Å². The fourth-order valence-electron chi connectivity index (χ4n) is 2.53. The maximum absolute atomic E-state index is 10.1. The minimum atomic E-state index is 0.320. The van der Waals surface area contributed by atoms with Crippen LogP contribution in [-0.2, 0) is 13.0 Å². The van der Waals surface area contributed by atoms with Gasteiger partial charge in [0, 0.05) is 5.56 Å². The Balaban J connectivity index is 1.95. The van der Waals surface area contributed by atoms with Crippen LogP contribution in [0.25, 0.3) is 0 Å². The smallest absolute Gasteiger partial charge is 0.120 e. The molecule has 0 aromatic heterocycles. The normalized spacial score (nSPS) is 11.2. The fourth-order valence-corrected chi connectivity index (χ4v) is 2.53. The van der Waals surface area contributed by atoms with E-state index >= 15 is 0 Å². The average molecular weight is 336 g/mol. The molecule has 1 N–H and O–H groups in total. The molecule has 132 valence electrons. The Bertz CT molecular complexity index is 723. The molecule has 0 aliphatic carbocycles. The summed E-state index contributed by atoms with van der Waals surface area (Å²) in [5, 5.41) is 10.1. The highest BCUT2D eigenvalue weighted by Crippen LogP contribution is 2.25. The van der Waals surface area contributed by atoms with Gasteiger partial charge in [-0.15, -0.1) is 0 Å². The van der Waals surface area contributed by atoms with Gasteiger partial charge in [-0.2, -0.15) is 0 Å². The quantitative estimate of drug-likeness (QED) is 0.581. The van der Waals surface area contributed by atoms with Crippen molar-refractivity contribution in [2.24, 2.45) is 0 Å². The van der Waals surface area contributed by atoms with Crippen molar-refractivity contribution in [2.75, 3.05) is 0 Å². The van der Waals surface area contributed by atoms with Crippen molar-refractivity contribution < 1.29 is 9.84 Å². The number of phenols is 1. The van der Waals surface area contributed by atoms with Gasteiger partial charge in [0.05, 0.1) is 0 Å². The lowest BCUT2D eigenvalue weighted by Crippen LogP contribution is -1.96. The molecule has 0 amide bonds. The zero-order valence-electron chi connectivity index (χ0n) is 15.5. The number of hydrogen-bond donors (Lipinski definition) is 1. The van der Waals surface area contributed by atoms with Crippen LogP contribution in [0, 0.1) is 0 Å². The molecule has 2 nitrogen and oxygen atoms in total. The first-order valence-corrected chi connectivity index (χ1v) is 8.82. The molecule has 0 bridgehead atoms. The predicted molar refractivity (Wildman–Crippen MR) is 105 cm³/mol. The van der Waals surface area contributed by atoms with Crippen molar-refractivity contribution >= 4 is 0 Å². The zero-order chi connectivity index (χ0) is 18.1. The Morgan fingerprint density at radius 1 is 1.00 bits per heavy atom. The van der Waals surface area contributed by atoms with Crippen molar-refractivity contribution in [1.82, 2.24) is 0 Å². The Hall–Kier alpha value is -2.48. The summed E-state index contributed by atoms with van der Waals surface area (Å²) in [5.41, 5.74) is 4.72. The van der Waals surface area contributed by atoms with Gasteiger partial charge in [-0.25, -0.2) is 0 Å². The van der Waals surface area contributed by atoms with Crippen molar-refractivity contribution in [2.45, 2.75) is 46.6 Å². The molecule has 0 fully saturated rings. The van der Waals surface area contributed by atoms with E-state index in [2.05, 4.69) is 32.9 Å². The third-order valence-corrected chi connectivity index (χ3v) is 4.06. The number of allylic oxidation sites excluding steroid dienone is 4. The number of benzene rings is 2. The molecule has 0 radical (unpaired) electrons. The summed E-state index contributed by atoms with van der Waals surface area (Å²) in [5.74, 6) is 1.10. The number of rotatable bonds is 8.